The van der Waals surface area contributed by atoms with Gasteiger partial charge < -0.3 is 21.0 Å². The summed E-state index contributed by atoms with van der Waals surface area (Å²) in [4.78, 5) is 21.7. The van der Waals surface area contributed by atoms with Crippen LogP contribution in [0, 0.1) is 5.92 Å². The highest BCUT2D eigenvalue weighted by atomic mass is 16.4. The highest BCUT2D eigenvalue weighted by Crippen LogP contribution is 2.04. The van der Waals surface area contributed by atoms with Crippen LogP contribution in [0.1, 0.15) is 26.7 Å². The number of quaternary nitrogens is 1. The maximum Gasteiger partial charge on any atom is 0.226 e. The van der Waals surface area contributed by atoms with Crippen molar-refractivity contribution in [3.05, 3.63) is 0 Å². The molecule has 0 aromatic carbocycles. The van der Waals surface area contributed by atoms with Gasteiger partial charge >= 0.3 is 0 Å². The predicted octanol–water partition coefficient (Wildman–Crippen LogP) is -2.10. The van der Waals surface area contributed by atoms with E-state index in [1.54, 1.807) is 0 Å². The minimum atomic E-state index is -1.23. The first-order chi connectivity index (χ1) is 6.47. The molecule has 0 aromatic heterocycles. The number of nitrogens with one attached hydrogen (secondary N) is 1. The Morgan fingerprint density at radius 3 is 2.36 bits per heavy atom. The molecule has 0 rings (SSSR count). The van der Waals surface area contributed by atoms with Gasteiger partial charge in [-0.15, -0.1) is 0 Å². The molecule has 0 saturated heterocycles. The van der Waals surface area contributed by atoms with Crippen molar-refractivity contribution in [3.63, 3.8) is 0 Å². The van der Waals surface area contributed by atoms with E-state index in [0.717, 1.165) is 0 Å². The lowest BCUT2D eigenvalue weighted by Crippen LogP contribution is -2.54. The number of carbonyl (C=O) groups is 2. The highest BCUT2D eigenvalue weighted by molar-refractivity contribution is 5.82. The summed E-state index contributed by atoms with van der Waals surface area (Å²) < 4.78 is 0. The van der Waals surface area contributed by atoms with Crippen molar-refractivity contribution in [1.29, 1.82) is 0 Å². The Morgan fingerprint density at radius 2 is 2.00 bits per heavy atom. The van der Waals surface area contributed by atoms with Crippen LogP contribution in [0.5, 0.6) is 0 Å². The Balaban J connectivity index is 4.09. The normalized spacial score (nSPS) is 12.6. The van der Waals surface area contributed by atoms with Crippen LogP contribution in [0.15, 0.2) is 0 Å². The number of carboxylic acids is 1. The SMILES string of the molecule is CC(C)C[C@@H](NC(=O)CC[NH3+])C(=O)[O-]. The van der Waals surface area contributed by atoms with Gasteiger partial charge in [-0.2, -0.15) is 0 Å². The first-order valence-corrected chi connectivity index (χ1v) is 4.76. The van der Waals surface area contributed by atoms with E-state index in [4.69, 9.17) is 0 Å². The lowest BCUT2D eigenvalue weighted by atomic mass is 10.0. The van der Waals surface area contributed by atoms with Crippen LogP contribution < -0.4 is 16.2 Å². The van der Waals surface area contributed by atoms with Gasteiger partial charge in [0.05, 0.1) is 25.0 Å². The van der Waals surface area contributed by atoms with Crippen molar-refractivity contribution >= 4 is 11.9 Å². The number of hydrogen-bond acceptors (Lipinski definition) is 3. The largest absolute Gasteiger partial charge is 0.548 e. The molecule has 82 valence electrons. The van der Waals surface area contributed by atoms with Crippen molar-refractivity contribution in [2.75, 3.05) is 6.54 Å². The molecule has 1 amide bonds. The summed E-state index contributed by atoms with van der Waals surface area (Å²) in [6, 6.07) is -0.881. The van der Waals surface area contributed by atoms with E-state index in [2.05, 4.69) is 11.1 Å². The molecule has 0 aromatic rings. The summed E-state index contributed by atoms with van der Waals surface area (Å²) in [5.41, 5.74) is 3.51. The Morgan fingerprint density at radius 1 is 1.43 bits per heavy atom. The summed E-state index contributed by atoms with van der Waals surface area (Å²) >= 11 is 0. The molecule has 0 radical (unpaired) electrons. The van der Waals surface area contributed by atoms with E-state index in [-0.39, 0.29) is 18.2 Å². The van der Waals surface area contributed by atoms with Gasteiger partial charge in [0.15, 0.2) is 0 Å². The third-order valence-corrected chi connectivity index (χ3v) is 1.73. The fourth-order valence-corrected chi connectivity index (χ4v) is 1.11. The third kappa shape index (κ3) is 5.53. The van der Waals surface area contributed by atoms with Crippen LogP contribution in [0.4, 0.5) is 0 Å². The average molecular weight is 202 g/mol. The van der Waals surface area contributed by atoms with Crippen molar-refractivity contribution in [2.24, 2.45) is 5.92 Å². The lowest BCUT2D eigenvalue weighted by Gasteiger charge is -2.21. The number of amides is 1. The Bertz CT molecular complexity index is 204. The number of carboxylic acid groups (broad SMARTS) is 1. The molecule has 0 spiro atoms. The molecule has 4 N–H and O–H groups in total. The van der Waals surface area contributed by atoms with Crippen molar-refractivity contribution < 1.29 is 20.4 Å². The van der Waals surface area contributed by atoms with Crippen LogP contribution in [0.25, 0.3) is 0 Å². The zero-order chi connectivity index (χ0) is 11.1. The molecule has 0 bridgehead atoms. The molecule has 0 saturated carbocycles. The summed E-state index contributed by atoms with van der Waals surface area (Å²) in [5, 5.41) is 13.0. The summed E-state index contributed by atoms with van der Waals surface area (Å²) in [7, 11) is 0. The summed E-state index contributed by atoms with van der Waals surface area (Å²) in [6.07, 6.45) is 0.646. The average Bonchev–Trinajstić information content (AvgIpc) is 2.02. The molecule has 14 heavy (non-hydrogen) atoms. The molecule has 0 heterocycles. The Hall–Kier alpha value is -1.10. The maximum absolute atomic E-state index is 11.1. The summed E-state index contributed by atoms with van der Waals surface area (Å²) in [6.45, 7) is 4.25. The van der Waals surface area contributed by atoms with Gasteiger partial charge in [-0.25, -0.2) is 0 Å². The van der Waals surface area contributed by atoms with E-state index in [1.807, 2.05) is 13.8 Å². The molecular formula is C9H18N2O3. The van der Waals surface area contributed by atoms with Gasteiger partial charge in [-0.1, -0.05) is 13.8 Å². The topological polar surface area (TPSA) is 96.9 Å². The van der Waals surface area contributed by atoms with Crippen LogP contribution in [-0.4, -0.2) is 24.5 Å². The van der Waals surface area contributed by atoms with Crippen LogP contribution >= 0.6 is 0 Å². The zero-order valence-electron chi connectivity index (χ0n) is 8.71. The van der Waals surface area contributed by atoms with E-state index in [1.165, 1.54) is 0 Å². The molecule has 1 atom stereocenters. The van der Waals surface area contributed by atoms with Gasteiger partial charge in [-0.3, -0.25) is 4.79 Å². The minimum Gasteiger partial charge on any atom is -0.548 e. The molecular weight excluding hydrogens is 184 g/mol. The lowest BCUT2D eigenvalue weighted by molar-refractivity contribution is -0.366. The first kappa shape index (κ1) is 12.9. The molecule has 0 unspecified atom stereocenters. The molecule has 0 aliphatic heterocycles. The number of aliphatic carboxylic acids is 1. The monoisotopic (exact) mass is 202 g/mol. The Labute approximate surface area is 83.7 Å². The molecule has 5 nitrogen and oxygen atoms in total. The fraction of sp³-hybridized carbons (Fsp3) is 0.778. The second-order valence-corrected chi connectivity index (χ2v) is 3.67. The standard InChI is InChI=1S/C9H18N2O3/c1-6(2)5-7(9(13)14)11-8(12)3-4-10/h6-7H,3-5,10H2,1-2H3,(H,11,12)(H,13,14)/t7-/m1/s1. The van der Waals surface area contributed by atoms with Crippen molar-refractivity contribution in [3.8, 4) is 0 Å². The van der Waals surface area contributed by atoms with Gasteiger partial charge in [-0.05, 0) is 12.3 Å². The van der Waals surface area contributed by atoms with Gasteiger partial charge in [0.25, 0.3) is 0 Å². The maximum atomic E-state index is 11.1. The quantitative estimate of drug-likeness (QED) is 0.516. The first-order valence-electron chi connectivity index (χ1n) is 4.76. The van der Waals surface area contributed by atoms with E-state index in [9.17, 15) is 14.7 Å². The molecule has 0 aliphatic rings. The van der Waals surface area contributed by atoms with E-state index in [0.29, 0.717) is 13.0 Å². The smallest absolute Gasteiger partial charge is 0.226 e. The molecule has 0 aliphatic carbocycles. The Kier molecular flexibility index (Phi) is 5.87. The van der Waals surface area contributed by atoms with Gasteiger partial charge in [0.2, 0.25) is 5.91 Å². The minimum absolute atomic E-state index is 0.206. The predicted molar refractivity (Wildman–Crippen MR) is 48.8 cm³/mol. The second-order valence-electron chi connectivity index (χ2n) is 3.67. The number of rotatable bonds is 6. The molecule has 5 heteroatoms. The second kappa shape index (κ2) is 6.37. The molecule has 0 fully saturated rings. The number of carbonyl (C=O) groups excluding carboxylic acids is 2. The fourth-order valence-electron chi connectivity index (χ4n) is 1.11. The third-order valence-electron chi connectivity index (χ3n) is 1.73. The highest BCUT2D eigenvalue weighted by Gasteiger charge is 2.14. The van der Waals surface area contributed by atoms with E-state index < -0.39 is 12.0 Å². The van der Waals surface area contributed by atoms with Crippen LogP contribution in [0.2, 0.25) is 0 Å². The van der Waals surface area contributed by atoms with Crippen LogP contribution in [-0.2, 0) is 9.59 Å². The van der Waals surface area contributed by atoms with Gasteiger partial charge in [0, 0.05) is 0 Å². The zero-order valence-corrected chi connectivity index (χ0v) is 8.71. The van der Waals surface area contributed by atoms with E-state index >= 15 is 0 Å². The van der Waals surface area contributed by atoms with Gasteiger partial charge in [0.1, 0.15) is 0 Å². The van der Waals surface area contributed by atoms with Crippen molar-refractivity contribution in [2.45, 2.75) is 32.7 Å². The number of hydrogen-bond donors (Lipinski definition) is 2. The van der Waals surface area contributed by atoms with Crippen molar-refractivity contribution in [1.82, 2.24) is 5.32 Å². The van der Waals surface area contributed by atoms with Crippen LogP contribution in [0.3, 0.4) is 0 Å². The summed E-state index contributed by atoms with van der Waals surface area (Å²) in [5.74, 6) is -1.30.